The number of rotatable bonds is 2. The van der Waals surface area contributed by atoms with Gasteiger partial charge in [0.1, 0.15) is 10.2 Å². The smallest absolute Gasteiger partial charge is 0.340 e. The summed E-state index contributed by atoms with van der Waals surface area (Å²) < 4.78 is 5.90. The summed E-state index contributed by atoms with van der Waals surface area (Å²) in [5.41, 5.74) is 0.620. The molecule has 1 aromatic heterocycles. The van der Waals surface area contributed by atoms with Crippen molar-refractivity contribution in [3.63, 3.8) is 0 Å². The third-order valence-corrected chi connectivity index (χ3v) is 2.19. The Morgan fingerprint density at radius 3 is 2.62 bits per heavy atom. The fourth-order valence-electron chi connectivity index (χ4n) is 1.13. The van der Waals surface area contributed by atoms with E-state index in [1.165, 1.54) is 0 Å². The van der Waals surface area contributed by atoms with Crippen LogP contribution in [0.5, 0.6) is 0 Å². The first-order valence-electron chi connectivity index (χ1n) is 4.90. The normalized spacial score (nSPS) is 11.1. The van der Waals surface area contributed by atoms with Crippen LogP contribution in [-0.4, -0.2) is 23.6 Å². The van der Waals surface area contributed by atoms with Gasteiger partial charge in [-0.1, -0.05) is 0 Å². The minimum atomic E-state index is -0.502. The van der Waals surface area contributed by atoms with Crippen LogP contribution < -0.4 is 5.32 Å². The molecule has 16 heavy (non-hydrogen) atoms. The van der Waals surface area contributed by atoms with Gasteiger partial charge in [-0.2, -0.15) is 0 Å². The topological polar surface area (TPSA) is 51.2 Å². The number of anilines is 1. The Labute approximate surface area is 104 Å². The molecule has 0 spiro atoms. The minimum absolute atomic E-state index is 0.361. The molecule has 5 heteroatoms. The second kappa shape index (κ2) is 4.82. The molecule has 0 saturated carbocycles. The van der Waals surface area contributed by atoms with Gasteiger partial charge in [-0.15, -0.1) is 0 Å². The molecule has 0 radical (unpaired) electrons. The monoisotopic (exact) mass is 286 g/mol. The van der Waals surface area contributed by atoms with Gasteiger partial charge in [0.25, 0.3) is 0 Å². The molecule has 1 rings (SSSR count). The molecule has 0 aliphatic rings. The Hall–Kier alpha value is -1.10. The summed E-state index contributed by atoms with van der Waals surface area (Å²) in [4.78, 5) is 15.9. The van der Waals surface area contributed by atoms with Gasteiger partial charge in [0, 0.05) is 7.05 Å². The van der Waals surface area contributed by atoms with Crippen LogP contribution in [0.4, 0.5) is 5.69 Å². The van der Waals surface area contributed by atoms with Gasteiger partial charge in [-0.25, -0.2) is 9.78 Å². The third kappa shape index (κ3) is 3.48. The number of pyridine rings is 1. The fraction of sp³-hybridized carbons (Fsp3) is 0.455. The average Bonchev–Trinajstić information content (AvgIpc) is 2.15. The zero-order valence-corrected chi connectivity index (χ0v) is 11.4. The first-order valence-corrected chi connectivity index (χ1v) is 5.69. The molecule has 0 aliphatic carbocycles. The summed E-state index contributed by atoms with van der Waals surface area (Å²) in [6, 6.07) is 1.64. The van der Waals surface area contributed by atoms with Crippen LogP contribution in [0.2, 0.25) is 0 Å². The van der Waals surface area contributed by atoms with Crippen LogP contribution in [0.25, 0.3) is 0 Å². The number of ether oxygens (including phenoxy) is 1. The van der Waals surface area contributed by atoms with Gasteiger partial charge in [0.15, 0.2) is 0 Å². The fourth-order valence-corrected chi connectivity index (χ4v) is 1.46. The highest BCUT2D eigenvalue weighted by molar-refractivity contribution is 9.10. The molecule has 1 aromatic rings. The predicted octanol–water partition coefficient (Wildman–Crippen LogP) is 2.84. The number of carbonyl (C=O) groups excluding carboxylic acids is 1. The molecule has 0 aromatic carbocycles. The summed E-state index contributed by atoms with van der Waals surface area (Å²) in [5, 5.41) is 2.91. The van der Waals surface area contributed by atoms with Gasteiger partial charge in [-0.3, -0.25) is 0 Å². The third-order valence-electron chi connectivity index (χ3n) is 1.76. The van der Waals surface area contributed by atoms with Crippen molar-refractivity contribution >= 4 is 27.6 Å². The van der Waals surface area contributed by atoms with Gasteiger partial charge >= 0.3 is 5.97 Å². The van der Waals surface area contributed by atoms with E-state index in [9.17, 15) is 4.79 Å². The number of halogens is 1. The van der Waals surface area contributed by atoms with Crippen molar-refractivity contribution in [2.24, 2.45) is 0 Å². The largest absolute Gasteiger partial charge is 0.456 e. The van der Waals surface area contributed by atoms with Crippen molar-refractivity contribution < 1.29 is 9.53 Å². The molecule has 0 atom stereocenters. The van der Waals surface area contributed by atoms with Crippen LogP contribution in [0.3, 0.4) is 0 Å². The maximum atomic E-state index is 11.9. The molecule has 0 bridgehead atoms. The molecule has 0 fully saturated rings. The van der Waals surface area contributed by atoms with E-state index in [2.05, 4.69) is 26.2 Å². The zero-order chi connectivity index (χ0) is 12.3. The highest BCUT2D eigenvalue weighted by Crippen LogP contribution is 2.21. The maximum absolute atomic E-state index is 11.9. The SMILES string of the molecule is CNc1cnc(Br)cc1C(=O)OC(C)(C)C. The number of nitrogens with zero attached hydrogens (tertiary/aromatic N) is 1. The van der Waals surface area contributed by atoms with E-state index in [-0.39, 0.29) is 5.97 Å². The lowest BCUT2D eigenvalue weighted by molar-refractivity contribution is 0.00705. The lowest BCUT2D eigenvalue weighted by Gasteiger charge is -2.20. The van der Waals surface area contributed by atoms with Crippen molar-refractivity contribution in [2.45, 2.75) is 26.4 Å². The Morgan fingerprint density at radius 2 is 2.12 bits per heavy atom. The number of hydrogen-bond donors (Lipinski definition) is 1. The lowest BCUT2D eigenvalue weighted by atomic mass is 10.1. The van der Waals surface area contributed by atoms with Gasteiger partial charge < -0.3 is 10.1 Å². The van der Waals surface area contributed by atoms with Crippen LogP contribution in [-0.2, 0) is 4.74 Å². The van der Waals surface area contributed by atoms with Crippen LogP contribution in [0.15, 0.2) is 16.9 Å². The Kier molecular flexibility index (Phi) is 3.91. The van der Waals surface area contributed by atoms with Crippen molar-refractivity contribution in [1.82, 2.24) is 4.98 Å². The number of carbonyl (C=O) groups is 1. The Balaban J connectivity index is 3.02. The molecule has 1 heterocycles. The van der Waals surface area contributed by atoms with E-state index in [0.717, 1.165) is 0 Å². The zero-order valence-electron chi connectivity index (χ0n) is 9.80. The average molecular weight is 287 g/mol. The number of hydrogen-bond acceptors (Lipinski definition) is 4. The summed E-state index contributed by atoms with van der Waals surface area (Å²) in [6.07, 6.45) is 1.59. The summed E-state index contributed by atoms with van der Waals surface area (Å²) >= 11 is 3.23. The molecule has 0 saturated heterocycles. The van der Waals surface area contributed by atoms with E-state index in [1.807, 2.05) is 20.8 Å². The first kappa shape index (κ1) is 13.0. The van der Waals surface area contributed by atoms with E-state index in [1.54, 1.807) is 19.3 Å². The van der Waals surface area contributed by atoms with Crippen LogP contribution in [0, 0.1) is 0 Å². The number of aromatic nitrogens is 1. The second-order valence-corrected chi connectivity index (χ2v) is 5.12. The summed E-state index contributed by atoms with van der Waals surface area (Å²) in [6.45, 7) is 5.50. The number of esters is 1. The first-order chi connectivity index (χ1) is 7.33. The standard InChI is InChI=1S/C11H15BrN2O2/c1-11(2,3)16-10(15)7-5-9(12)14-6-8(7)13-4/h5-6,13H,1-4H3. The summed E-state index contributed by atoms with van der Waals surface area (Å²) in [5.74, 6) is -0.361. The molecule has 0 aliphatic heterocycles. The predicted molar refractivity (Wildman–Crippen MR) is 66.7 cm³/mol. The van der Waals surface area contributed by atoms with E-state index in [0.29, 0.717) is 15.9 Å². The molecular weight excluding hydrogens is 272 g/mol. The molecule has 1 N–H and O–H groups in total. The Morgan fingerprint density at radius 1 is 1.50 bits per heavy atom. The van der Waals surface area contributed by atoms with E-state index in [4.69, 9.17) is 4.74 Å². The van der Waals surface area contributed by atoms with Crippen LogP contribution >= 0.6 is 15.9 Å². The molecule has 0 unspecified atom stereocenters. The Bertz CT molecular complexity index is 399. The molecule has 4 nitrogen and oxygen atoms in total. The van der Waals surface area contributed by atoms with E-state index < -0.39 is 5.60 Å². The lowest BCUT2D eigenvalue weighted by Crippen LogP contribution is -2.24. The van der Waals surface area contributed by atoms with Crippen molar-refractivity contribution in [3.8, 4) is 0 Å². The second-order valence-electron chi connectivity index (χ2n) is 4.30. The highest BCUT2D eigenvalue weighted by Gasteiger charge is 2.20. The molecular formula is C11H15BrN2O2. The maximum Gasteiger partial charge on any atom is 0.340 e. The van der Waals surface area contributed by atoms with Gasteiger partial charge in [-0.05, 0) is 42.8 Å². The van der Waals surface area contributed by atoms with Crippen molar-refractivity contribution in [1.29, 1.82) is 0 Å². The highest BCUT2D eigenvalue weighted by atomic mass is 79.9. The quantitative estimate of drug-likeness (QED) is 0.671. The van der Waals surface area contributed by atoms with Gasteiger partial charge in [0.05, 0.1) is 17.4 Å². The van der Waals surface area contributed by atoms with Gasteiger partial charge in [0.2, 0.25) is 0 Å². The van der Waals surface area contributed by atoms with Crippen molar-refractivity contribution in [2.75, 3.05) is 12.4 Å². The van der Waals surface area contributed by atoms with Crippen molar-refractivity contribution in [3.05, 3.63) is 22.4 Å². The molecule has 88 valence electrons. The van der Waals surface area contributed by atoms with E-state index >= 15 is 0 Å². The van der Waals surface area contributed by atoms with Crippen LogP contribution in [0.1, 0.15) is 31.1 Å². The minimum Gasteiger partial charge on any atom is -0.456 e. The number of nitrogens with one attached hydrogen (secondary N) is 1. The summed E-state index contributed by atoms with van der Waals surface area (Å²) in [7, 11) is 1.73. The molecule has 0 amide bonds.